The lowest BCUT2D eigenvalue weighted by molar-refractivity contribution is 0.0561. The summed E-state index contributed by atoms with van der Waals surface area (Å²) < 4.78 is 27.5. The number of benzene rings is 1. The van der Waals surface area contributed by atoms with E-state index in [0.717, 1.165) is 11.3 Å². The molecule has 0 saturated heterocycles. The van der Waals surface area contributed by atoms with Crippen LogP contribution in [0.2, 0.25) is 0 Å². The maximum absolute atomic E-state index is 12.2. The van der Waals surface area contributed by atoms with E-state index in [1.54, 1.807) is 20.8 Å². The molecule has 0 radical (unpaired) electrons. The molecule has 0 unspecified atom stereocenters. The zero-order valence-electron chi connectivity index (χ0n) is 16.7. The van der Waals surface area contributed by atoms with Gasteiger partial charge in [-0.25, -0.2) is 23.3 Å². The highest BCUT2D eigenvalue weighted by atomic mass is 32.2. The molecule has 0 atom stereocenters. The molecule has 0 bridgehead atoms. The Hall–Kier alpha value is -3.36. The zero-order valence-corrected chi connectivity index (χ0v) is 18.3. The number of carbonyl (C=O) groups is 3. The molecule has 31 heavy (non-hydrogen) atoms. The van der Waals surface area contributed by atoms with Crippen LogP contribution in [0.15, 0.2) is 34.5 Å². The Labute approximate surface area is 181 Å². The summed E-state index contributed by atoms with van der Waals surface area (Å²) in [7, 11) is -3.88. The summed E-state index contributed by atoms with van der Waals surface area (Å²) in [5.41, 5.74) is -0.715. The number of sulfonamides is 1. The van der Waals surface area contributed by atoms with Crippen LogP contribution in [0.25, 0.3) is 0 Å². The molecule has 3 amide bonds. The predicted octanol–water partition coefficient (Wildman–Crippen LogP) is 1.23. The molecule has 12 nitrogen and oxygen atoms in total. The molecule has 2 aromatic rings. The molecule has 0 fully saturated rings. The van der Waals surface area contributed by atoms with Crippen LogP contribution in [0.4, 0.5) is 9.93 Å². The summed E-state index contributed by atoms with van der Waals surface area (Å²) in [5, 5.41) is 20.7. The Kier molecular flexibility index (Phi) is 7.09. The second-order valence-electron chi connectivity index (χ2n) is 7.02. The molecule has 0 saturated carbocycles. The van der Waals surface area contributed by atoms with Gasteiger partial charge < -0.3 is 4.74 Å². The quantitative estimate of drug-likeness (QED) is 0.329. The molecule has 0 aliphatic rings. The highest BCUT2D eigenvalue weighted by Crippen LogP contribution is 2.17. The topological polar surface area (TPSA) is 193 Å². The second-order valence-corrected chi connectivity index (χ2v) is 9.44. The van der Waals surface area contributed by atoms with Gasteiger partial charge in [0.1, 0.15) is 11.3 Å². The van der Waals surface area contributed by atoms with Crippen molar-refractivity contribution in [3.05, 3.63) is 40.9 Å². The number of hydrogen-bond donors (Lipinski definition) is 5. The number of aromatic nitrogens is 1. The lowest BCUT2D eigenvalue weighted by Crippen LogP contribution is -2.45. The number of thiazole rings is 1. The number of ether oxygens (including phenoxy) is 1. The third-order valence-electron chi connectivity index (χ3n) is 3.27. The first kappa shape index (κ1) is 23.9. The Balaban J connectivity index is 1.95. The van der Waals surface area contributed by atoms with Crippen LogP contribution in [-0.4, -0.2) is 42.9 Å². The number of rotatable bonds is 4. The van der Waals surface area contributed by atoms with Gasteiger partial charge in [0.05, 0.1) is 4.90 Å². The van der Waals surface area contributed by atoms with Gasteiger partial charge in [-0.3, -0.25) is 30.9 Å². The average molecular weight is 469 g/mol. The third kappa shape index (κ3) is 7.44. The van der Waals surface area contributed by atoms with Crippen molar-refractivity contribution in [2.45, 2.75) is 31.3 Å². The third-order valence-corrected chi connectivity index (χ3v) is 4.95. The number of carbonyl (C=O) groups excluding carboxylic acids is 3. The summed E-state index contributed by atoms with van der Waals surface area (Å²) in [4.78, 5) is 39.8. The Morgan fingerprint density at radius 3 is 2.26 bits per heavy atom. The molecule has 14 heteroatoms. The summed E-state index contributed by atoms with van der Waals surface area (Å²) >= 11 is 0.955. The summed E-state index contributed by atoms with van der Waals surface area (Å²) in [6, 6.07) is 4.93. The average Bonchev–Trinajstić information content (AvgIpc) is 3.07. The molecule has 1 aromatic heterocycles. The van der Waals surface area contributed by atoms with Gasteiger partial charge in [-0.05, 0) is 45.0 Å². The Morgan fingerprint density at radius 1 is 1.10 bits per heavy atom. The molecule has 0 spiro atoms. The van der Waals surface area contributed by atoms with Crippen LogP contribution in [0.1, 0.15) is 41.6 Å². The summed E-state index contributed by atoms with van der Waals surface area (Å²) in [6.07, 6.45) is -0.905. The van der Waals surface area contributed by atoms with Crippen molar-refractivity contribution < 1.29 is 27.5 Å². The first-order valence-corrected chi connectivity index (χ1v) is 11.0. The van der Waals surface area contributed by atoms with E-state index < -0.39 is 39.5 Å². The molecule has 166 valence electrons. The van der Waals surface area contributed by atoms with E-state index in [0.29, 0.717) is 0 Å². The number of guanidine groups is 1. The first-order chi connectivity index (χ1) is 14.2. The fourth-order valence-electron chi connectivity index (χ4n) is 2.02. The maximum atomic E-state index is 12.2. The normalized spacial score (nSPS) is 11.4. The number of alkyl carbamates (subject to hydrolysis) is 1. The van der Waals surface area contributed by atoms with E-state index in [-0.39, 0.29) is 21.3 Å². The molecule has 2 rings (SSSR count). The van der Waals surface area contributed by atoms with E-state index >= 15 is 0 Å². The number of nitrogens with zero attached hydrogens (tertiary/aromatic N) is 1. The van der Waals surface area contributed by atoms with Crippen molar-refractivity contribution in [1.29, 1.82) is 5.41 Å². The fourth-order valence-corrected chi connectivity index (χ4v) is 3.22. The minimum atomic E-state index is -3.88. The van der Waals surface area contributed by atoms with Gasteiger partial charge in [0.2, 0.25) is 16.0 Å². The fraction of sp³-hybridized carbons (Fsp3) is 0.235. The van der Waals surface area contributed by atoms with Crippen LogP contribution >= 0.6 is 11.3 Å². The van der Waals surface area contributed by atoms with Crippen LogP contribution in [0.3, 0.4) is 0 Å². The van der Waals surface area contributed by atoms with Crippen molar-refractivity contribution in [2.24, 2.45) is 5.14 Å². The van der Waals surface area contributed by atoms with Crippen LogP contribution < -0.4 is 21.1 Å². The molecule has 1 heterocycles. The standard InChI is InChI=1S/C17H20N6O6S2/c1-17(2,3)29-16(26)23-14(18)21-13(25)11-8-30-15(20-11)22-12(24)9-4-6-10(7-5-9)31(19,27)28/h4-8H,1-3H3,(H2,19,27,28)(H,20,22,24)(H3,18,21,23,25,26). The van der Waals surface area contributed by atoms with Gasteiger partial charge in [0, 0.05) is 10.9 Å². The zero-order chi connectivity index (χ0) is 23.4. The van der Waals surface area contributed by atoms with Gasteiger partial charge in [0.15, 0.2) is 5.13 Å². The number of primary sulfonamides is 1. The van der Waals surface area contributed by atoms with E-state index in [1.807, 2.05) is 0 Å². The smallest absolute Gasteiger partial charge is 0.414 e. The first-order valence-electron chi connectivity index (χ1n) is 8.54. The van der Waals surface area contributed by atoms with Gasteiger partial charge in [0.25, 0.3) is 11.8 Å². The van der Waals surface area contributed by atoms with Crippen LogP contribution in [-0.2, 0) is 14.8 Å². The Morgan fingerprint density at radius 2 is 1.71 bits per heavy atom. The van der Waals surface area contributed by atoms with E-state index in [1.165, 1.54) is 29.6 Å². The van der Waals surface area contributed by atoms with Gasteiger partial charge >= 0.3 is 6.09 Å². The van der Waals surface area contributed by atoms with Crippen molar-refractivity contribution in [2.75, 3.05) is 5.32 Å². The minimum Gasteiger partial charge on any atom is -0.444 e. The molecule has 0 aliphatic heterocycles. The summed E-state index contributed by atoms with van der Waals surface area (Å²) in [6.45, 7) is 4.94. The molecule has 1 aromatic carbocycles. The SMILES string of the molecule is CC(C)(C)OC(=O)NC(=N)NC(=O)c1csc(NC(=O)c2ccc(S(N)(=O)=O)cc2)n1. The van der Waals surface area contributed by atoms with Crippen molar-refractivity contribution in [1.82, 2.24) is 15.6 Å². The number of hydrogen-bond acceptors (Lipinski definition) is 9. The minimum absolute atomic E-state index is 0.0947. The van der Waals surface area contributed by atoms with Gasteiger partial charge in [-0.2, -0.15) is 0 Å². The number of nitrogens with one attached hydrogen (secondary N) is 4. The van der Waals surface area contributed by atoms with Crippen molar-refractivity contribution >= 4 is 50.4 Å². The molecular weight excluding hydrogens is 448 g/mol. The van der Waals surface area contributed by atoms with E-state index in [4.69, 9.17) is 15.3 Å². The predicted molar refractivity (Wildman–Crippen MR) is 112 cm³/mol. The molecular formula is C17H20N6O6S2. The van der Waals surface area contributed by atoms with Gasteiger partial charge in [-0.15, -0.1) is 11.3 Å². The van der Waals surface area contributed by atoms with Crippen LogP contribution in [0, 0.1) is 5.41 Å². The maximum Gasteiger partial charge on any atom is 0.414 e. The van der Waals surface area contributed by atoms with Crippen molar-refractivity contribution in [3.63, 3.8) is 0 Å². The highest BCUT2D eigenvalue weighted by Gasteiger charge is 2.19. The summed E-state index contributed by atoms with van der Waals surface area (Å²) in [5.74, 6) is -1.97. The lowest BCUT2D eigenvalue weighted by Gasteiger charge is -2.19. The highest BCUT2D eigenvalue weighted by molar-refractivity contribution is 7.89. The Bertz CT molecular complexity index is 1120. The molecule has 6 N–H and O–H groups in total. The van der Waals surface area contributed by atoms with Crippen LogP contribution in [0.5, 0.6) is 0 Å². The van der Waals surface area contributed by atoms with Gasteiger partial charge in [-0.1, -0.05) is 0 Å². The largest absolute Gasteiger partial charge is 0.444 e. The number of amides is 3. The van der Waals surface area contributed by atoms with E-state index in [9.17, 15) is 22.8 Å². The number of nitrogens with two attached hydrogens (primary N) is 1. The van der Waals surface area contributed by atoms with E-state index in [2.05, 4.69) is 20.9 Å². The monoisotopic (exact) mass is 468 g/mol. The van der Waals surface area contributed by atoms with Crippen molar-refractivity contribution in [3.8, 4) is 0 Å². The number of anilines is 1. The lowest BCUT2D eigenvalue weighted by atomic mass is 10.2. The second kappa shape index (κ2) is 9.20. The molecule has 0 aliphatic carbocycles.